The minimum absolute atomic E-state index is 0.0985. The number of amides is 3. The fourth-order valence-electron chi connectivity index (χ4n) is 1.49. The third-order valence-corrected chi connectivity index (χ3v) is 2.65. The van der Waals surface area contributed by atoms with Gasteiger partial charge in [0.1, 0.15) is 5.75 Å². The van der Waals surface area contributed by atoms with Crippen LogP contribution in [-0.2, 0) is 4.79 Å². The molecule has 1 aromatic rings. The van der Waals surface area contributed by atoms with Crippen molar-refractivity contribution in [2.24, 2.45) is 0 Å². The van der Waals surface area contributed by atoms with E-state index in [1.54, 1.807) is 13.0 Å². The number of urea groups is 1. The lowest BCUT2D eigenvalue weighted by atomic mass is 10.1. The first kappa shape index (κ1) is 15.5. The zero-order chi connectivity index (χ0) is 15.3. The lowest BCUT2D eigenvalue weighted by Gasteiger charge is -2.16. The number of nitrogens with one attached hydrogen (secondary N) is 2. The number of carboxylic acid groups (broad SMARTS) is 1. The Morgan fingerprint density at radius 3 is 2.50 bits per heavy atom. The molecule has 7 nitrogen and oxygen atoms in total. The van der Waals surface area contributed by atoms with Crippen molar-refractivity contribution in [3.8, 4) is 5.75 Å². The standard InChI is InChI=1S/C13H16N2O5/c1-7-9(12(17)18)5-4-6-10(7)20-8(2)11(16)15-13(19)14-3/h4-6,8H,1-3H3,(H,17,18)(H2,14,15,16,19). The normalized spacial score (nSPS) is 11.3. The van der Waals surface area contributed by atoms with Crippen molar-refractivity contribution in [2.45, 2.75) is 20.0 Å². The minimum Gasteiger partial charge on any atom is -0.481 e. The molecule has 7 heteroatoms. The Kier molecular flexibility index (Phi) is 5.08. The van der Waals surface area contributed by atoms with Crippen LogP contribution >= 0.6 is 0 Å². The molecule has 0 fully saturated rings. The summed E-state index contributed by atoms with van der Waals surface area (Å²) in [7, 11) is 1.38. The number of rotatable bonds is 4. The number of carboxylic acids is 1. The summed E-state index contributed by atoms with van der Waals surface area (Å²) in [4.78, 5) is 33.6. The number of benzene rings is 1. The molecule has 3 N–H and O–H groups in total. The highest BCUT2D eigenvalue weighted by atomic mass is 16.5. The first-order valence-electron chi connectivity index (χ1n) is 5.89. The van der Waals surface area contributed by atoms with Gasteiger partial charge in [-0.1, -0.05) is 6.07 Å². The van der Waals surface area contributed by atoms with Crippen LogP contribution in [0.25, 0.3) is 0 Å². The van der Waals surface area contributed by atoms with Crippen molar-refractivity contribution in [1.82, 2.24) is 10.6 Å². The number of carbonyl (C=O) groups excluding carboxylic acids is 2. The second kappa shape index (κ2) is 6.55. The Morgan fingerprint density at radius 1 is 1.30 bits per heavy atom. The molecule has 0 spiro atoms. The molecule has 0 saturated heterocycles. The Labute approximate surface area is 115 Å². The maximum absolute atomic E-state index is 11.6. The highest BCUT2D eigenvalue weighted by Crippen LogP contribution is 2.22. The van der Waals surface area contributed by atoms with Crippen LogP contribution in [0.3, 0.4) is 0 Å². The van der Waals surface area contributed by atoms with Crippen molar-refractivity contribution in [3.05, 3.63) is 29.3 Å². The summed E-state index contributed by atoms with van der Waals surface area (Å²) in [6, 6.07) is 3.89. The van der Waals surface area contributed by atoms with Gasteiger partial charge in [0.15, 0.2) is 6.10 Å². The Balaban J connectivity index is 2.83. The zero-order valence-corrected chi connectivity index (χ0v) is 11.4. The molecule has 0 saturated carbocycles. The van der Waals surface area contributed by atoms with Gasteiger partial charge in [-0.2, -0.15) is 0 Å². The molecule has 1 aromatic carbocycles. The third kappa shape index (κ3) is 3.71. The number of carbonyl (C=O) groups is 3. The molecule has 0 aromatic heterocycles. The highest BCUT2D eigenvalue weighted by molar-refractivity contribution is 5.96. The zero-order valence-electron chi connectivity index (χ0n) is 11.4. The van der Waals surface area contributed by atoms with Crippen LogP contribution in [0.15, 0.2) is 18.2 Å². The Morgan fingerprint density at radius 2 is 1.95 bits per heavy atom. The van der Waals surface area contributed by atoms with E-state index < -0.39 is 24.0 Å². The van der Waals surface area contributed by atoms with Crippen LogP contribution in [0, 0.1) is 6.92 Å². The van der Waals surface area contributed by atoms with Crippen LogP contribution in [0.1, 0.15) is 22.8 Å². The van der Waals surface area contributed by atoms with Gasteiger partial charge >= 0.3 is 12.0 Å². The molecule has 0 bridgehead atoms. The summed E-state index contributed by atoms with van der Waals surface area (Å²) >= 11 is 0. The molecule has 1 rings (SSSR count). The van der Waals surface area contributed by atoms with E-state index in [0.29, 0.717) is 5.56 Å². The summed E-state index contributed by atoms with van der Waals surface area (Å²) in [6.07, 6.45) is -0.935. The maximum atomic E-state index is 11.6. The second-order valence-corrected chi connectivity index (χ2v) is 4.06. The summed E-state index contributed by atoms with van der Waals surface area (Å²) < 4.78 is 5.39. The van der Waals surface area contributed by atoms with Crippen molar-refractivity contribution in [1.29, 1.82) is 0 Å². The lowest BCUT2D eigenvalue weighted by molar-refractivity contribution is -0.126. The van der Waals surface area contributed by atoms with E-state index in [-0.39, 0.29) is 11.3 Å². The molecule has 0 aliphatic heterocycles. The average molecular weight is 280 g/mol. The predicted octanol–water partition coefficient (Wildman–Crippen LogP) is 0.916. The minimum atomic E-state index is -1.07. The Bertz CT molecular complexity index is 542. The van der Waals surface area contributed by atoms with E-state index in [2.05, 4.69) is 10.6 Å². The molecule has 1 atom stereocenters. The molecular weight excluding hydrogens is 264 g/mol. The van der Waals surface area contributed by atoms with Gasteiger partial charge in [0.05, 0.1) is 5.56 Å². The van der Waals surface area contributed by atoms with Gasteiger partial charge in [0.2, 0.25) is 0 Å². The molecule has 3 amide bonds. The van der Waals surface area contributed by atoms with Gasteiger partial charge in [-0.05, 0) is 26.0 Å². The van der Waals surface area contributed by atoms with Crippen molar-refractivity contribution >= 4 is 17.9 Å². The van der Waals surface area contributed by atoms with Crippen LogP contribution in [-0.4, -0.2) is 36.2 Å². The molecular formula is C13H16N2O5. The molecule has 0 aliphatic carbocycles. The second-order valence-electron chi connectivity index (χ2n) is 4.06. The lowest BCUT2D eigenvalue weighted by Crippen LogP contribution is -2.44. The van der Waals surface area contributed by atoms with Crippen LogP contribution in [0.4, 0.5) is 4.79 Å². The van der Waals surface area contributed by atoms with Gasteiger partial charge in [-0.3, -0.25) is 10.1 Å². The van der Waals surface area contributed by atoms with Crippen molar-refractivity contribution in [3.63, 3.8) is 0 Å². The number of hydrogen-bond acceptors (Lipinski definition) is 4. The first-order valence-corrected chi connectivity index (χ1v) is 5.89. The van der Waals surface area contributed by atoms with Gasteiger partial charge in [-0.25, -0.2) is 9.59 Å². The van der Waals surface area contributed by atoms with Crippen molar-refractivity contribution < 1.29 is 24.2 Å². The van der Waals surface area contributed by atoms with E-state index in [0.717, 1.165) is 0 Å². The monoisotopic (exact) mass is 280 g/mol. The van der Waals surface area contributed by atoms with Gasteiger partial charge < -0.3 is 15.2 Å². The highest BCUT2D eigenvalue weighted by Gasteiger charge is 2.19. The van der Waals surface area contributed by atoms with E-state index in [1.165, 1.54) is 26.1 Å². The van der Waals surface area contributed by atoms with Crippen LogP contribution in [0.2, 0.25) is 0 Å². The van der Waals surface area contributed by atoms with Crippen molar-refractivity contribution in [2.75, 3.05) is 7.05 Å². The molecule has 20 heavy (non-hydrogen) atoms. The topological polar surface area (TPSA) is 105 Å². The smallest absolute Gasteiger partial charge is 0.336 e. The molecule has 108 valence electrons. The first-order chi connectivity index (χ1) is 9.36. The quantitative estimate of drug-likeness (QED) is 0.760. The fraction of sp³-hybridized carbons (Fsp3) is 0.308. The SMILES string of the molecule is CNC(=O)NC(=O)C(C)Oc1cccc(C(=O)O)c1C. The van der Waals surface area contributed by atoms with Gasteiger partial charge in [-0.15, -0.1) is 0 Å². The predicted molar refractivity (Wildman–Crippen MR) is 70.8 cm³/mol. The number of aromatic carboxylic acids is 1. The van der Waals surface area contributed by atoms with E-state index in [4.69, 9.17) is 9.84 Å². The van der Waals surface area contributed by atoms with Crippen LogP contribution < -0.4 is 15.4 Å². The number of hydrogen-bond donors (Lipinski definition) is 3. The van der Waals surface area contributed by atoms with Crippen LogP contribution in [0.5, 0.6) is 5.75 Å². The van der Waals surface area contributed by atoms with Gasteiger partial charge in [0, 0.05) is 12.6 Å². The maximum Gasteiger partial charge on any atom is 0.336 e. The molecule has 0 heterocycles. The summed E-state index contributed by atoms with van der Waals surface area (Å²) in [6.45, 7) is 3.05. The van der Waals surface area contributed by atoms with Gasteiger partial charge in [0.25, 0.3) is 5.91 Å². The number of ether oxygens (including phenoxy) is 1. The average Bonchev–Trinajstić information content (AvgIpc) is 2.40. The molecule has 1 unspecified atom stereocenters. The summed E-state index contributed by atoms with van der Waals surface area (Å²) in [5, 5.41) is 13.3. The fourth-order valence-corrected chi connectivity index (χ4v) is 1.49. The van der Waals surface area contributed by atoms with E-state index in [1.807, 2.05) is 0 Å². The third-order valence-electron chi connectivity index (χ3n) is 2.65. The Hall–Kier alpha value is -2.57. The summed E-state index contributed by atoms with van der Waals surface area (Å²) in [5.74, 6) is -1.41. The largest absolute Gasteiger partial charge is 0.481 e. The summed E-state index contributed by atoms with van der Waals surface area (Å²) in [5.41, 5.74) is 0.515. The van der Waals surface area contributed by atoms with E-state index >= 15 is 0 Å². The molecule has 0 radical (unpaired) electrons. The molecule has 0 aliphatic rings. The number of imide groups is 1. The van der Waals surface area contributed by atoms with E-state index in [9.17, 15) is 14.4 Å².